The van der Waals surface area contributed by atoms with E-state index in [2.05, 4.69) is 0 Å². The number of benzene rings is 1. The van der Waals surface area contributed by atoms with Gasteiger partial charge in [0.05, 0.1) is 12.5 Å². The van der Waals surface area contributed by atoms with E-state index >= 15 is 0 Å². The minimum absolute atomic E-state index is 0.100. The van der Waals surface area contributed by atoms with Crippen molar-refractivity contribution in [1.82, 2.24) is 0 Å². The summed E-state index contributed by atoms with van der Waals surface area (Å²) in [7, 11) is 1.33. The minimum Gasteiger partial charge on any atom is -0.468 e. The van der Waals surface area contributed by atoms with E-state index in [0.717, 1.165) is 0 Å². The Morgan fingerprint density at radius 3 is 2.50 bits per heavy atom. The van der Waals surface area contributed by atoms with E-state index in [9.17, 15) is 19.5 Å². The largest absolute Gasteiger partial charge is 0.468 e. The van der Waals surface area contributed by atoms with Gasteiger partial charge in [-0.15, -0.1) is 0 Å². The summed E-state index contributed by atoms with van der Waals surface area (Å²) in [5.41, 5.74) is -0.554. The first kappa shape index (κ1) is 20.3. The molecule has 0 aliphatic heterocycles. The van der Waals surface area contributed by atoms with Crippen LogP contribution in [0.5, 0.6) is 0 Å². The Balaban J connectivity index is 1.93. The van der Waals surface area contributed by atoms with Crippen molar-refractivity contribution >= 4 is 17.7 Å². The molecule has 1 aromatic carbocycles. The molecule has 3 atom stereocenters. The number of aliphatic hydroxyl groups is 1. The highest BCUT2D eigenvalue weighted by molar-refractivity contribution is 5.96. The fourth-order valence-corrected chi connectivity index (χ4v) is 4.55. The Labute approximate surface area is 164 Å². The number of carbonyl (C=O) groups excluding carboxylic acids is 3. The Bertz CT molecular complexity index is 810. The Morgan fingerprint density at radius 1 is 1.18 bits per heavy atom. The van der Waals surface area contributed by atoms with Gasteiger partial charge in [-0.1, -0.05) is 44.2 Å². The van der Waals surface area contributed by atoms with Crippen molar-refractivity contribution in [2.75, 3.05) is 7.11 Å². The first-order chi connectivity index (χ1) is 13.2. The number of rotatable bonds is 4. The van der Waals surface area contributed by atoms with Gasteiger partial charge in [-0.2, -0.15) is 0 Å². The SMILES string of the molecule is COC(=O)[C@]12CCC(=O)C=C1[C@H](OC(=O)[C@@H](O)c1ccccc1)CCC2(C)C. The molecule has 2 aliphatic carbocycles. The minimum atomic E-state index is -1.43. The first-order valence-corrected chi connectivity index (χ1v) is 9.50. The molecule has 0 heterocycles. The van der Waals surface area contributed by atoms with E-state index in [1.807, 2.05) is 13.8 Å². The van der Waals surface area contributed by atoms with Crippen LogP contribution in [0.1, 0.15) is 51.2 Å². The number of methoxy groups -OCH3 is 1. The second-order valence-electron chi connectivity index (χ2n) is 8.12. The molecule has 0 saturated heterocycles. The van der Waals surface area contributed by atoms with Gasteiger partial charge in [-0.3, -0.25) is 9.59 Å². The summed E-state index contributed by atoms with van der Waals surface area (Å²) in [6.45, 7) is 3.95. The van der Waals surface area contributed by atoms with Crippen molar-refractivity contribution in [3.05, 3.63) is 47.5 Å². The molecule has 2 aliphatic rings. The third-order valence-electron chi connectivity index (χ3n) is 6.22. The normalized spacial score (nSPS) is 27.2. The predicted octanol–water partition coefficient (Wildman–Crippen LogP) is 2.90. The lowest BCUT2D eigenvalue weighted by Gasteiger charge is -2.53. The molecule has 0 unspecified atom stereocenters. The summed E-state index contributed by atoms with van der Waals surface area (Å²) < 4.78 is 10.7. The van der Waals surface area contributed by atoms with Crippen molar-refractivity contribution < 1.29 is 29.0 Å². The van der Waals surface area contributed by atoms with E-state index in [4.69, 9.17) is 9.47 Å². The van der Waals surface area contributed by atoms with Crippen LogP contribution in [-0.4, -0.2) is 36.0 Å². The maximum atomic E-state index is 12.9. The number of ketones is 1. The Kier molecular flexibility index (Phi) is 5.44. The second-order valence-corrected chi connectivity index (χ2v) is 8.12. The molecule has 150 valence electrons. The van der Waals surface area contributed by atoms with Gasteiger partial charge < -0.3 is 14.6 Å². The molecule has 0 radical (unpaired) electrons. The Hall–Kier alpha value is -2.47. The highest BCUT2D eigenvalue weighted by atomic mass is 16.6. The molecule has 28 heavy (non-hydrogen) atoms. The quantitative estimate of drug-likeness (QED) is 0.801. The third-order valence-corrected chi connectivity index (χ3v) is 6.22. The van der Waals surface area contributed by atoms with Gasteiger partial charge in [0, 0.05) is 6.42 Å². The fourth-order valence-electron chi connectivity index (χ4n) is 4.55. The number of hydrogen-bond acceptors (Lipinski definition) is 6. The van der Waals surface area contributed by atoms with E-state index < -0.39 is 35.0 Å². The standard InChI is InChI=1S/C22H26O6/c1-21(2)11-10-17(28-19(25)18(24)14-7-5-4-6-8-14)16-13-15(23)9-12-22(16,21)20(26)27-3/h4-8,13,17-18,24H,9-12H2,1-3H3/t17-,18+,22+/m1/s1. The van der Waals surface area contributed by atoms with Crippen LogP contribution in [-0.2, 0) is 23.9 Å². The zero-order valence-electron chi connectivity index (χ0n) is 16.4. The molecule has 3 rings (SSSR count). The summed E-state index contributed by atoms with van der Waals surface area (Å²) in [6.07, 6.45) is 0.923. The van der Waals surface area contributed by atoms with E-state index in [1.54, 1.807) is 30.3 Å². The number of hydrogen-bond donors (Lipinski definition) is 1. The molecule has 0 aromatic heterocycles. The van der Waals surface area contributed by atoms with Gasteiger partial charge in [0.25, 0.3) is 0 Å². The molecule has 1 saturated carbocycles. The number of allylic oxidation sites excluding steroid dienone is 1. The molecule has 0 spiro atoms. The van der Waals surface area contributed by atoms with Crippen molar-refractivity contribution in [2.24, 2.45) is 10.8 Å². The smallest absolute Gasteiger partial charge is 0.340 e. The van der Waals surface area contributed by atoms with Crippen LogP contribution in [0.4, 0.5) is 0 Å². The van der Waals surface area contributed by atoms with Crippen LogP contribution in [0.15, 0.2) is 42.0 Å². The van der Waals surface area contributed by atoms with Gasteiger partial charge >= 0.3 is 11.9 Å². The van der Waals surface area contributed by atoms with Crippen LogP contribution in [0.2, 0.25) is 0 Å². The zero-order chi connectivity index (χ0) is 20.5. The molecular formula is C22H26O6. The fraction of sp³-hybridized carbons (Fsp3) is 0.500. The maximum absolute atomic E-state index is 12.9. The molecule has 1 aromatic rings. The molecule has 6 nitrogen and oxygen atoms in total. The summed E-state index contributed by atoms with van der Waals surface area (Å²) in [6, 6.07) is 8.50. The second kappa shape index (κ2) is 7.51. The summed E-state index contributed by atoms with van der Waals surface area (Å²) in [4.78, 5) is 37.6. The molecular weight excluding hydrogens is 360 g/mol. The van der Waals surface area contributed by atoms with Gasteiger partial charge in [-0.05, 0) is 41.9 Å². The van der Waals surface area contributed by atoms with Crippen LogP contribution in [0, 0.1) is 10.8 Å². The van der Waals surface area contributed by atoms with Gasteiger partial charge in [0.1, 0.15) is 6.10 Å². The zero-order valence-corrected chi connectivity index (χ0v) is 16.4. The molecule has 1 N–H and O–H groups in total. The monoisotopic (exact) mass is 386 g/mol. The number of fused-ring (bicyclic) bond motifs is 1. The third kappa shape index (κ3) is 3.26. The van der Waals surface area contributed by atoms with Crippen LogP contribution in [0.3, 0.4) is 0 Å². The number of ether oxygens (including phenoxy) is 2. The van der Waals surface area contributed by atoms with Crippen LogP contribution < -0.4 is 0 Å². The lowest BCUT2D eigenvalue weighted by molar-refractivity contribution is -0.171. The number of esters is 2. The molecule has 0 bridgehead atoms. The topological polar surface area (TPSA) is 89.9 Å². The van der Waals surface area contributed by atoms with Crippen molar-refractivity contribution in [1.29, 1.82) is 0 Å². The van der Waals surface area contributed by atoms with Gasteiger partial charge in [-0.25, -0.2) is 4.79 Å². The van der Waals surface area contributed by atoms with Crippen LogP contribution >= 0.6 is 0 Å². The Morgan fingerprint density at radius 2 is 1.86 bits per heavy atom. The van der Waals surface area contributed by atoms with Crippen molar-refractivity contribution in [2.45, 2.75) is 51.7 Å². The lowest BCUT2D eigenvalue weighted by Crippen LogP contribution is -2.55. The van der Waals surface area contributed by atoms with Gasteiger partial charge in [0.2, 0.25) is 0 Å². The van der Waals surface area contributed by atoms with Crippen LogP contribution in [0.25, 0.3) is 0 Å². The lowest BCUT2D eigenvalue weighted by atomic mass is 9.51. The number of carbonyl (C=O) groups is 3. The summed E-state index contributed by atoms with van der Waals surface area (Å²) in [5.74, 6) is -1.31. The van der Waals surface area contributed by atoms with Gasteiger partial charge in [0.15, 0.2) is 11.9 Å². The maximum Gasteiger partial charge on any atom is 0.340 e. The molecule has 0 amide bonds. The summed E-state index contributed by atoms with van der Waals surface area (Å²) in [5, 5.41) is 10.3. The van der Waals surface area contributed by atoms with Crippen molar-refractivity contribution in [3.63, 3.8) is 0 Å². The van der Waals surface area contributed by atoms with E-state index in [0.29, 0.717) is 30.4 Å². The average Bonchev–Trinajstić information content (AvgIpc) is 2.69. The van der Waals surface area contributed by atoms with E-state index in [1.165, 1.54) is 13.2 Å². The molecule has 1 fully saturated rings. The number of aliphatic hydroxyl groups excluding tert-OH is 1. The highest BCUT2D eigenvalue weighted by Crippen LogP contribution is 2.58. The average molecular weight is 386 g/mol. The highest BCUT2D eigenvalue weighted by Gasteiger charge is 2.60. The van der Waals surface area contributed by atoms with Crippen molar-refractivity contribution in [3.8, 4) is 0 Å². The summed E-state index contributed by atoms with van der Waals surface area (Å²) >= 11 is 0. The first-order valence-electron chi connectivity index (χ1n) is 9.50. The van der Waals surface area contributed by atoms with E-state index in [-0.39, 0.29) is 12.2 Å². The molecule has 6 heteroatoms. The predicted molar refractivity (Wildman–Crippen MR) is 101 cm³/mol.